The number of rotatable bonds is 3. The molecule has 4 rings (SSSR count). The molecule has 4 atom stereocenters. The van der Waals surface area contributed by atoms with Crippen molar-refractivity contribution in [3.63, 3.8) is 0 Å². The summed E-state index contributed by atoms with van der Waals surface area (Å²) in [6.45, 7) is 0. The molecule has 4 unspecified atom stereocenters. The van der Waals surface area contributed by atoms with E-state index in [9.17, 15) is 9.59 Å². The van der Waals surface area contributed by atoms with E-state index in [-0.39, 0.29) is 18.0 Å². The minimum Gasteiger partial charge on any atom is -0.481 e. The lowest BCUT2D eigenvalue weighted by Crippen LogP contribution is -2.45. The molecule has 0 heterocycles. The van der Waals surface area contributed by atoms with E-state index in [1.165, 1.54) is 19.3 Å². The van der Waals surface area contributed by atoms with Crippen LogP contribution in [0.3, 0.4) is 0 Å². The molecule has 21 heavy (non-hydrogen) atoms. The predicted molar refractivity (Wildman–Crippen MR) is 76.6 cm³/mol. The van der Waals surface area contributed by atoms with Gasteiger partial charge in [0, 0.05) is 12.1 Å². The number of aliphatic carboxylic acids is 1. The highest BCUT2D eigenvalue weighted by molar-refractivity contribution is 5.75. The molecule has 116 valence electrons. The molecular weight excluding hydrogens is 268 g/mol. The van der Waals surface area contributed by atoms with E-state index in [1.54, 1.807) is 0 Å². The van der Waals surface area contributed by atoms with Crippen molar-refractivity contribution in [3.05, 3.63) is 0 Å². The Labute approximate surface area is 124 Å². The first-order valence-electron chi connectivity index (χ1n) is 8.43. The second kappa shape index (κ2) is 4.89. The SMILES string of the molecule is O=C(NC1CCC(C(=O)O)CC1)NC1C2C3CCC(C3)C12. The highest BCUT2D eigenvalue weighted by Gasteiger charge is 2.65. The first-order valence-corrected chi connectivity index (χ1v) is 8.43. The van der Waals surface area contributed by atoms with Crippen LogP contribution in [-0.2, 0) is 4.79 Å². The molecule has 0 aromatic heterocycles. The molecule has 0 aromatic carbocycles. The molecule has 3 N–H and O–H groups in total. The van der Waals surface area contributed by atoms with Crippen molar-refractivity contribution in [3.8, 4) is 0 Å². The summed E-state index contributed by atoms with van der Waals surface area (Å²) >= 11 is 0. The molecule has 0 saturated heterocycles. The standard InChI is InChI=1S/C16H24N2O3/c19-15(20)8-3-5-11(6-4-8)17-16(21)18-14-12-9-1-2-10(7-9)13(12)14/h8-14H,1-7H2,(H,19,20)(H2,17,18,21). The van der Waals surface area contributed by atoms with Crippen molar-refractivity contribution in [1.29, 1.82) is 0 Å². The maximum absolute atomic E-state index is 12.1. The van der Waals surface area contributed by atoms with E-state index in [0.717, 1.165) is 36.5 Å². The Kier molecular flexibility index (Phi) is 3.12. The summed E-state index contributed by atoms with van der Waals surface area (Å²) in [5, 5.41) is 15.2. The summed E-state index contributed by atoms with van der Waals surface area (Å²) in [7, 11) is 0. The van der Waals surface area contributed by atoms with Gasteiger partial charge in [0.2, 0.25) is 0 Å². The molecule has 4 fully saturated rings. The van der Waals surface area contributed by atoms with E-state index in [0.29, 0.717) is 18.9 Å². The monoisotopic (exact) mass is 292 g/mol. The lowest BCUT2D eigenvalue weighted by atomic mass is 9.86. The van der Waals surface area contributed by atoms with Gasteiger partial charge in [0.15, 0.2) is 0 Å². The van der Waals surface area contributed by atoms with E-state index in [1.807, 2.05) is 0 Å². The topological polar surface area (TPSA) is 78.4 Å². The van der Waals surface area contributed by atoms with Crippen LogP contribution in [0.1, 0.15) is 44.9 Å². The largest absolute Gasteiger partial charge is 0.481 e. The van der Waals surface area contributed by atoms with Gasteiger partial charge in [-0.25, -0.2) is 4.79 Å². The molecule has 5 heteroatoms. The maximum Gasteiger partial charge on any atom is 0.315 e. The summed E-state index contributed by atoms with van der Waals surface area (Å²) in [6.07, 6.45) is 7.06. The zero-order valence-electron chi connectivity index (χ0n) is 12.3. The van der Waals surface area contributed by atoms with Crippen LogP contribution in [0, 0.1) is 29.6 Å². The lowest BCUT2D eigenvalue weighted by Gasteiger charge is -2.27. The van der Waals surface area contributed by atoms with Crippen molar-refractivity contribution < 1.29 is 14.7 Å². The number of hydrogen-bond acceptors (Lipinski definition) is 2. The van der Waals surface area contributed by atoms with Crippen LogP contribution in [0.5, 0.6) is 0 Å². The first-order chi connectivity index (χ1) is 10.1. The van der Waals surface area contributed by atoms with Crippen LogP contribution in [0.4, 0.5) is 4.79 Å². The van der Waals surface area contributed by atoms with Gasteiger partial charge < -0.3 is 15.7 Å². The van der Waals surface area contributed by atoms with E-state index in [4.69, 9.17) is 5.11 Å². The van der Waals surface area contributed by atoms with Gasteiger partial charge in [-0.2, -0.15) is 0 Å². The van der Waals surface area contributed by atoms with Gasteiger partial charge in [0.25, 0.3) is 0 Å². The van der Waals surface area contributed by atoms with Crippen LogP contribution >= 0.6 is 0 Å². The van der Waals surface area contributed by atoms with Gasteiger partial charge in [-0.15, -0.1) is 0 Å². The molecule has 0 spiro atoms. The van der Waals surface area contributed by atoms with E-state index >= 15 is 0 Å². The molecular formula is C16H24N2O3. The number of carboxylic acid groups (broad SMARTS) is 1. The summed E-state index contributed by atoms with van der Waals surface area (Å²) in [6, 6.07) is 0.537. The molecule has 0 aliphatic heterocycles. The molecule has 0 aromatic rings. The molecule has 2 amide bonds. The Balaban J connectivity index is 1.22. The van der Waals surface area contributed by atoms with E-state index in [2.05, 4.69) is 10.6 Å². The fourth-order valence-electron chi connectivity index (χ4n) is 5.38. The summed E-state index contributed by atoms with van der Waals surface area (Å²) in [4.78, 5) is 23.0. The Morgan fingerprint density at radius 1 is 0.857 bits per heavy atom. The fourth-order valence-corrected chi connectivity index (χ4v) is 5.38. The van der Waals surface area contributed by atoms with Crippen LogP contribution in [0.25, 0.3) is 0 Å². The Hall–Kier alpha value is -1.26. The number of hydrogen-bond donors (Lipinski definition) is 3. The van der Waals surface area contributed by atoms with Crippen LogP contribution in [0.15, 0.2) is 0 Å². The average molecular weight is 292 g/mol. The number of nitrogens with one attached hydrogen (secondary N) is 2. The number of fused-ring (bicyclic) bond motifs is 5. The number of urea groups is 1. The van der Waals surface area contributed by atoms with Gasteiger partial charge in [-0.3, -0.25) is 4.79 Å². The van der Waals surface area contributed by atoms with Gasteiger partial charge in [0.05, 0.1) is 5.92 Å². The predicted octanol–water partition coefficient (Wildman–Crippen LogP) is 1.97. The van der Waals surface area contributed by atoms with Crippen molar-refractivity contribution in [2.75, 3.05) is 0 Å². The Bertz CT molecular complexity index is 442. The third-order valence-electron chi connectivity index (χ3n) is 6.44. The van der Waals surface area contributed by atoms with Crippen LogP contribution in [-0.4, -0.2) is 29.2 Å². The van der Waals surface area contributed by atoms with Gasteiger partial charge in [-0.05, 0) is 68.6 Å². The number of carboxylic acids is 1. The first kappa shape index (κ1) is 13.4. The number of carbonyl (C=O) groups is 2. The molecule has 0 radical (unpaired) electrons. The molecule has 5 nitrogen and oxygen atoms in total. The third kappa shape index (κ3) is 2.30. The normalized spacial score (nSPS) is 46.8. The maximum atomic E-state index is 12.1. The fraction of sp³-hybridized carbons (Fsp3) is 0.875. The number of carbonyl (C=O) groups excluding carboxylic acids is 1. The van der Waals surface area contributed by atoms with Crippen LogP contribution < -0.4 is 10.6 Å². The Morgan fingerprint density at radius 3 is 2.05 bits per heavy atom. The molecule has 4 saturated carbocycles. The summed E-state index contributed by atoms with van der Waals surface area (Å²) in [5.41, 5.74) is 0. The smallest absolute Gasteiger partial charge is 0.315 e. The zero-order chi connectivity index (χ0) is 14.6. The van der Waals surface area contributed by atoms with Gasteiger partial charge in [0.1, 0.15) is 0 Å². The Morgan fingerprint density at radius 2 is 1.48 bits per heavy atom. The summed E-state index contributed by atoms with van der Waals surface area (Å²) in [5.74, 6) is 2.35. The van der Waals surface area contributed by atoms with Crippen molar-refractivity contribution in [1.82, 2.24) is 10.6 Å². The van der Waals surface area contributed by atoms with Crippen LogP contribution in [0.2, 0.25) is 0 Å². The highest BCUT2D eigenvalue weighted by Crippen LogP contribution is 2.65. The van der Waals surface area contributed by atoms with E-state index < -0.39 is 5.97 Å². The van der Waals surface area contributed by atoms with Crippen molar-refractivity contribution >= 4 is 12.0 Å². The van der Waals surface area contributed by atoms with Gasteiger partial charge >= 0.3 is 12.0 Å². The van der Waals surface area contributed by atoms with Gasteiger partial charge in [-0.1, -0.05) is 0 Å². The zero-order valence-corrected chi connectivity index (χ0v) is 12.3. The molecule has 4 aliphatic rings. The minimum atomic E-state index is -0.695. The lowest BCUT2D eigenvalue weighted by molar-refractivity contribution is -0.142. The summed E-state index contributed by atoms with van der Waals surface area (Å²) < 4.78 is 0. The van der Waals surface area contributed by atoms with Crippen molar-refractivity contribution in [2.45, 2.75) is 57.0 Å². The highest BCUT2D eigenvalue weighted by atomic mass is 16.4. The molecule has 2 bridgehead atoms. The second-order valence-electron chi connectivity index (χ2n) is 7.52. The average Bonchev–Trinajstić information content (AvgIpc) is 2.84. The number of amides is 2. The van der Waals surface area contributed by atoms with Crippen molar-refractivity contribution in [2.24, 2.45) is 29.6 Å². The quantitative estimate of drug-likeness (QED) is 0.744. The second-order valence-corrected chi connectivity index (χ2v) is 7.52. The molecule has 4 aliphatic carbocycles. The third-order valence-corrected chi connectivity index (χ3v) is 6.44. The minimum absolute atomic E-state index is 0.0347.